The number of hydrogen-bond acceptors (Lipinski definition) is 3. The molecule has 0 fully saturated rings. The second-order valence-corrected chi connectivity index (χ2v) is 6.39. The van der Waals surface area contributed by atoms with Crippen LogP contribution in [0.3, 0.4) is 0 Å². The van der Waals surface area contributed by atoms with Crippen molar-refractivity contribution in [2.45, 2.75) is 6.92 Å². The molecule has 0 atom stereocenters. The molecule has 1 N–H and O–H groups in total. The summed E-state index contributed by atoms with van der Waals surface area (Å²) in [5, 5.41) is 9.68. The standard InChI is InChI=1S/C22H15NO4/c1-13-6-8-14(9-7-13)15-10-11-19(18(12-15)22(26)27)23-20(24)16-4-2-3-5-17(16)21(23)25/h2-12H,1H3,(H,26,27). The van der Waals surface area contributed by atoms with Gasteiger partial charge in [-0.05, 0) is 42.3 Å². The minimum atomic E-state index is -1.20. The first-order valence-corrected chi connectivity index (χ1v) is 8.39. The molecule has 0 aromatic heterocycles. The highest BCUT2D eigenvalue weighted by Crippen LogP contribution is 2.33. The number of fused-ring (bicyclic) bond motifs is 1. The average Bonchev–Trinajstić information content (AvgIpc) is 2.93. The van der Waals surface area contributed by atoms with E-state index in [2.05, 4.69) is 0 Å². The molecule has 132 valence electrons. The Bertz CT molecular complexity index is 1060. The van der Waals surface area contributed by atoms with Gasteiger partial charge in [-0.1, -0.05) is 48.0 Å². The quantitative estimate of drug-likeness (QED) is 0.714. The zero-order chi connectivity index (χ0) is 19.1. The van der Waals surface area contributed by atoms with Crippen LogP contribution in [-0.4, -0.2) is 22.9 Å². The third-order valence-corrected chi connectivity index (χ3v) is 4.65. The van der Waals surface area contributed by atoms with Crippen LogP contribution in [-0.2, 0) is 0 Å². The third kappa shape index (κ3) is 2.69. The van der Waals surface area contributed by atoms with Gasteiger partial charge in [-0.25, -0.2) is 9.69 Å². The number of carboxylic acid groups (broad SMARTS) is 1. The molecule has 0 unspecified atom stereocenters. The van der Waals surface area contributed by atoms with Crippen LogP contribution in [0.1, 0.15) is 36.6 Å². The van der Waals surface area contributed by atoms with Gasteiger partial charge in [0.05, 0.1) is 22.4 Å². The van der Waals surface area contributed by atoms with Crippen LogP contribution < -0.4 is 4.90 Å². The summed E-state index contributed by atoms with van der Waals surface area (Å²) >= 11 is 0. The van der Waals surface area contributed by atoms with Crippen LogP contribution in [0.25, 0.3) is 11.1 Å². The van der Waals surface area contributed by atoms with E-state index in [1.165, 1.54) is 12.1 Å². The van der Waals surface area contributed by atoms with Crippen LogP contribution >= 0.6 is 0 Å². The number of aromatic carboxylic acids is 1. The fourth-order valence-electron chi connectivity index (χ4n) is 3.24. The first-order chi connectivity index (χ1) is 13.0. The number of carbonyl (C=O) groups excluding carboxylic acids is 2. The monoisotopic (exact) mass is 357 g/mol. The SMILES string of the molecule is Cc1ccc(-c2ccc(N3C(=O)c4ccccc4C3=O)c(C(=O)O)c2)cc1. The van der Waals surface area contributed by atoms with Crippen molar-refractivity contribution in [2.75, 3.05) is 4.90 Å². The molecule has 5 heteroatoms. The number of hydrogen-bond donors (Lipinski definition) is 1. The van der Waals surface area contributed by atoms with E-state index < -0.39 is 17.8 Å². The summed E-state index contributed by atoms with van der Waals surface area (Å²) in [6.45, 7) is 1.97. The lowest BCUT2D eigenvalue weighted by atomic mass is 10.0. The lowest BCUT2D eigenvalue weighted by Gasteiger charge is -2.17. The molecule has 3 aromatic carbocycles. The zero-order valence-corrected chi connectivity index (χ0v) is 14.5. The maximum atomic E-state index is 12.7. The molecule has 0 saturated carbocycles. The van der Waals surface area contributed by atoms with Crippen molar-refractivity contribution in [3.05, 3.63) is 89.0 Å². The molecule has 1 aliphatic rings. The maximum Gasteiger partial charge on any atom is 0.337 e. The molecule has 5 nitrogen and oxygen atoms in total. The van der Waals surface area contributed by atoms with Crippen molar-refractivity contribution in [3.8, 4) is 11.1 Å². The van der Waals surface area contributed by atoms with Gasteiger partial charge in [-0.2, -0.15) is 0 Å². The van der Waals surface area contributed by atoms with Crippen LogP contribution in [0.5, 0.6) is 0 Å². The molecule has 27 heavy (non-hydrogen) atoms. The van der Waals surface area contributed by atoms with Crippen molar-refractivity contribution in [2.24, 2.45) is 0 Å². The fraction of sp³-hybridized carbons (Fsp3) is 0.0455. The Balaban J connectivity index is 1.82. The fourth-order valence-corrected chi connectivity index (χ4v) is 3.24. The summed E-state index contributed by atoms with van der Waals surface area (Å²) in [6.07, 6.45) is 0. The van der Waals surface area contributed by atoms with Gasteiger partial charge in [-0.3, -0.25) is 9.59 Å². The number of imide groups is 1. The lowest BCUT2D eigenvalue weighted by Crippen LogP contribution is -2.31. The normalized spacial score (nSPS) is 13.0. The molecule has 4 rings (SSSR count). The predicted octanol–water partition coefficient (Wildman–Crippen LogP) is 4.16. The molecule has 3 aromatic rings. The smallest absolute Gasteiger partial charge is 0.337 e. The van der Waals surface area contributed by atoms with Gasteiger partial charge in [0.2, 0.25) is 0 Å². The van der Waals surface area contributed by atoms with Crippen molar-refractivity contribution < 1.29 is 19.5 Å². The minimum absolute atomic E-state index is 0.0737. The van der Waals surface area contributed by atoms with E-state index in [9.17, 15) is 19.5 Å². The number of amides is 2. The van der Waals surface area contributed by atoms with Crippen LogP contribution in [0.2, 0.25) is 0 Å². The number of benzene rings is 3. The van der Waals surface area contributed by atoms with E-state index in [4.69, 9.17) is 0 Å². The van der Waals surface area contributed by atoms with E-state index in [1.54, 1.807) is 30.3 Å². The molecule has 1 heterocycles. The van der Waals surface area contributed by atoms with Crippen molar-refractivity contribution in [1.82, 2.24) is 0 Å². The number of rotatable bonds is 3. The molecule has 0 saturated heterocycles. The van der Waals surface area contributed by atoms with Gasteiger partial charge in [-0.15, -0.1) is 0 Å². The minimum Gasteiger partial charge on any atom is -0.478 e. The molecule has 1 aliphatic heterocycles. The Labute approximate surface area is 155 Å². The predicted molar refractivity (Wildman–Crippen MR) is 101 cm³/mol. The highest BCUT2D eigenvalue weighted by Gasteiger charge is 2.38. The van der Waals surface area contributed by atoms with Crippen LogP contribution in [0, 0.1) is 6.92 Å². The van der Waals surface area contributed by atoms with Gasteiger partial charge in [0.1, 0.15) is 0 Å². The molecule has 0 spiro atoms. The number of carboxylic acids is 1. The summed E-state index contributed by atoms with van der Waals surface area (Å²) in [5.41, 5.74) is 3.19. The van der Waals surface area contributed by atoms with Gasteiger partial charge < -0.3 is 5.11 Å². The van der Waals surface area contributed by atoms with E-state index in [0.29, 0.717) is 5.56 Å². The highest BCUT2D eigenvalue weighted by atomic mass is 16.4. The topological polar surface area (TPSA) is 74.7 Å². The summed E-state index contributed by atoms with van der Waals surface area (Å²) in [6, 6.07) is 18.9. The first kappa shape index (κ1) is 16.7. The van der Waals surface area contributed by atoms with Gasteiger partial charge in [0.15, 0.2) is 0 Å². The van der Waals surface area contributed by atoms with Gasteiger partial charge in [0.25, 0.3) is 11.8 Å². The molecule has 0 bridgehead atoms. The number of nitrogens with zero attached hydrogens (tertiary/aromatic N) is 1. The van der Waals surface area contributed by atoms with Gasteiger partial charge in [0, 0.05) is 0 Å². The molecule has 2 amide bonds. The van der Waals surface area contributed by atoms with Crippen LogP contribution in [0.4, 0.5) is 5.69 Å². The van der Waals surface area contributed by atoms with Crippen molar-refractivity contribution in [3.63, 3.8) is 0 Å². The van der Waals surface area contributed by atoms with E-state index in [1.807, 2.05) is 31.2 Å². The van der Waals surface area contributed by atoms with E-state index in [-0.39, 0.29) is 22.4 Å². The first-order valence-electron chi connectivity index (χ1n) is 8.39. The summed E-state index contributed by atoms with van der Waals surface area (Å²) in [4.78, 5) is 38.2. The molecule has 0 radical (unpaired) electrons. The number of aryl methyl sites for hydroxylation is 1. The average molecular weight is 357 g/mol. The third-order valence-electron chi connectivity index (χ3n) is 4.65. The Morgan fingerprint density at radius 1 is 0.815 bits per heavy atom. The Morgan fingerprint density at radius 3 is 1.93 bits per heavy atom. The lowest BCUT2D eigenvalue weighted by molar-refractivity contribution is 0.0698. The Kier molecular flexibility index (Phi) is 3.85. The summed E-state index contributed by atoms with van der Waals surface area (Å²) in [5.74, 6) is -2.22. The second-order valence-electron chi connectivity index (χ2n) is 6.39. The Hall–Kier alpha value is -3.73. The van der Waals surface area contributed by atoms with E-state index >= 15 is 0 Å². The van der Waals surface area contributed by atoms with Crippen molar-refractivity contribution in [1.29, 1.82) is 0 Å². The second kappa shape index (κ2) is 6.21. The van der Waals surface area contributed by atoms with Crippen molar-refractivity contribution >= 4 is 23.5 Å². The summed E-state index contributed by atoms with van der Waals surface area (Å²) < 4.78 is 0. The largest absolute Gasteiger partial charge is 0.478 e. The molecular weight excluding hydrogens is 342 g/mol. The molecule has 0 aliphatic carbocycles. The highest BCUT2D eigenvalue weighted by molar-refractivity contribution is 6.35. The molecular formula is C22H15NO4. The summed E-state index contributed by atoms with van der Waals surface area (Å²) in [7, 11) is 0. The number of carbonyl (C=O) groups is 3. The van der Waals surface area contributed by atoms with Gasteiger partial charge >= 0.3 is 5.97 Å². The van der Waals surface area contributed by atoms with Crippen LogP contribution in [0.15, 0.2) is 66.7 Å². The number of anilines is 1. The Morgan fingerprint density at radius 2 is 1.37 bits per heavy atom. The van der Waals surface area contributed by atoms with E-state index in [0.717, 1.165) is 16.0 Å². The zero-order valence-electron chi connectivity index (χ0n) is 14.5. The maximum absolute atomic E-state index is 12.7.